The summed E-state index contributed by atoms with van der Waals surface area (Å²) in [6.07, 6.45) is 3.76. The maximum absolute atomic E-state index is 12.6. The van der Waals surface area contributed by atoms with E-state index in [1.54, 1.807) is 17.2 Å². The molecule has 1 aromatic heterocycles. The maximum Gasteiger partial charge on any atom is 0.272 e. The van der Waals surface area contributed by atoms with Crippen LogP contribution in [0.4, 0.5) is 11.6 Å². The topological polar surface area (TPSA) is 52.6 Å². The number of unbranched alkanes of at least 4 members (excludes halogenated alkanes) is 1. The van der Waals surface area contributed by atoms with E-state index in [1.165, 1.54) is 11.3 Å². The smallest absolute Gasteiger partial charge is 0.272 e. The largest absolute Gasteiger partial charge is 0.368 e. The summed E-state index contributed by atoms with van der Waals surface area (Å²) >= 11 is 0. The van der Waals surface area contributed by atoms with E-state index in [4.69, 9.17) is 0 Å². The van der Waals surface area contributed by atoms with Gasteiger partial charge < -0.3 is 14.7 Å². The fourth-order valence-corrected chi connectivity index (χ4v) is 3.30. The first-order chi connectivity index (χ1) is 13.1. The number of carbonyl (C=O) groups excluding carboxylic acids is 1. The number of aromatic nitrogens is 2. The van der Waals surface area contributed by atoms with E-state index in [9.17, 15) is 4.79 Å². The van der Waals surface area contributed by atoms with Crippen LogP contribution in [0.5, 0.6) is 0 Å². The van der Waals surface area contributed by atoms with Gasteiger partial charge in [0.05, 0.1) is 0 Å². The first kappa shape index (κ1) is 19.1. The van der Waals surface area contributed by atoms with Crippen LogP contribution in [0.3, 0.4) is 0 Å². The third kappa shape index (κ3) is 4.76. The van der Waals surface area contributed by atoms with Gasteiger partial charge in [0.15, 0.2) is 0 Å². The summed E-state index contributed by atoms with van der Waals surface area (Å²) in [4.78, 5) is 27.8. The normalized spacial score (nSPS) is 14.3. The first-order valence-electron chi connectivity index (χ1n) is 9.73. The molecular formula is C21H29N5O. The SMILES string of the molecule is CCCCN(C)C(=O)c1ccnc(N2CCN(c3cccc(C)c3)CC2)n1. The molecule has 0 unspecified atom stereocenters. The summed E-state index contributed by atoms with van der Waals surface area (Å²) in [5, 5.41) is 0. The van der Waals surface area contributed by atoms with E-state index >= 15 is 0 Å². The summed E-state index contributed by atoms with van der Waals surface area (Å²) in [7, 11) is 1.83. The Morgan fingerprint density at radius 1 is 1.15 bits per heavy atom. The average molecular weight is 367 g/mol. The molecule has 27 heavy (non-hydrogen) atoms. The van der Waals surface area contributed by atoms with E-state index in [1.807, 2.05) is 7.05 Å². The fraction of sp³-hybridized carbons (Fsp3) is 0.476. The second-order valence-corrected chi connectivity index (χ2v) is 7.14. The van der Waals surface area contributed by atoms with Crippen molar-refractivity contribution in [1.29, 1.82) is 0 Å². The van der Waals surface area contributed by atoms with Crippen molar-refractivity contribution in [1.82, 2.24) is 14.9 Å². The van der Waals surface area contributed by atoms with E-state index in [0.717, 1.165) is 45.6 Å². The second-order valence-electron chi connectivity index (χ2n) is 7.14. The molecule has 6 heteroatoms. The number of nitrogens with zero attached hydrogens (tertiary/aromatic N) is 5. The number of rotatable bonds is 6. The van der Waals surface area contributed by atoms with Gasteiger partial charge in [-0.2, -0.15) is 0 Å². The molecule has 0 atom stereocenters. The Hall–Kier alpha value is -2.63. The molecule has 0 N–H and O–H groups in total. The average Bonchev–Trinajstić information content (AvgIpc) is 2.71. The minimum Gasteiger partial charge on any atom is -0.368 e. The number of aryl methyl sites for hydroxylation is 1. The number of anilines is 2. The van der Waals surface area contributed by atoms with E-state index in [-0.39, 0.29) is 5.91 Å². The maximum atomic E-state index is 12.6. The van der Waals surface area contributed by atoms with E-state index in [2.05, 4.69) is 57.9 Å². The third-order valence-corrected chi connectivity index (χ3v) is 4.99. The van der Waals surface area contributed by atoms with Gasteiger partial charge in [0.1, 0.15) is 5.69 Å². The Balaban J connectivity index is 1.64. The molecule has 1 aromatic carbocycles. The lowest BCUT2D eigenvalue weighted by molar-refractivity contribution is 0.0787. The lowest BCUT2D eigenvalue weighted by Crippen LogP contribution is -2.47. The van der Waals surface area contributed by atoms with Crippen molar-refractivity contribution in [3.63, 3.8) is 0 Å². The van der Waals surface area contributed by atoms with Crippen molar-refractivity contribution in [2.24, 2.45) is 0 Å². The van der Waals surface area contributed by atoms with Crippen LogP contribution in [-0.4, -0.2) is 60.5 Å². The molecule has 1 aliphatic heterocycles. The van der Waals surface area contributed by atoms with E-state index in [0.29, 0.717) is 11.6 Å². The lowest BCUT2D eigenvalue weighted by atomic mass is 10.2. The summed E-state index contributed by atoms with van der Waals surface area (Å²) in [6.45, 7) is 8.52. The molecule has 0 radical (unpaired) electrons. The number of hydrogen-bond donors (Lipinski definition) is 0. The highest BCUT2D eigenvalue weighted by Crippen LogP contribution is 2.19. The van der Waals surface area contributed by atoms with Gasteiger partial charge in [0, 0.05) is 51.7 Å². The van der Waals surface area contributed by atoms with E-state index < -0.39 is 0 Å². The summed E-state index contributed by atoms with van der Waals surface area (Å²) < 4.78 is 0. The van der Waals surface area contributed by atoms with Crippen LogP contribution >= 0.6 is 0 Å². The van der Waals surface area contributed by atoms with Gasteiger partial charge >= 0.3 is 0 Å². The molecule has 0 aliphatic carbocycles. The van der Waals surface area contributed by atoms with Gasteiger partial charge in [-0.15, -0.1) is 0 Å². The highest BCUT2D eigenvalue weighted by Gasteiger charge is 2.21. The predicted molar refractivity (Wildman–Crippen MR) is 110 cm³/mol. The zero-order valence-electron chi connectivity index (χ0n) is 16.6. The number of benzene rings is 1. The fourth-order valence-electron chi connectivity index (χ4n) is 3.30. The number of piperazine rings is 1. The van der Waals surface area contributed by atoms with Gasteiger partial charge in [0.2, 0.25) is 5.95 Å². The monoisotopic (exact) mass is 367 g/mol. The highest BCUT2D eigenvalue weighted by molar-refractivity contribution is 5.92. The predicted octanol–water partition coefficient (Wildman–Crippen LogP) is 2.98. The number of carbonyl (C=O) groups is 1. The molecule has 0 saturated carbocycles. The molecule has 1 amide bonds. The van der Waals surface area contributed by atoms with Crippen molar-refractivity contribution >= 4 is 17.5 Å². The van der Waals surface area contributed by atoms with Gasteiger partial charge in [-0.25, -0.2) is 9.97 Å². The Morgan fingerprint density at radius 2 is 1.89 bits per heavy atom. The standard InChI is InChI=1S/C21H29N5O/c1-4-5-11-24(3)20(27)19-9-10-22-21(23-19)26-14-12-25(13-15-26)18-8-6-7-17(2)16-18/h6-10,16H,4-5,11-15H2,1-3H3. The molecule has 0 bridgehead atoms. The second kappa shape index (κ2) is 8.84. The molecule has 2 aromatic rings. The van der Waals surface area contributed by atoms with Crippen LogP contribution in [0.2, 0.25) is 0 Å². The van der Waals surface area contributed by atoms with Crippen molar-refractivity contribution in [2.45, 2.75) is 26.7 Å². The molecule has 1 saturated heterocycles. The van der Waals surface area contributed by atoms with Gasteiger partial charge in [-0.05, 0) is 37.1 Å². The Bertz CT molecular complexity index is 771. The Labute approximate surface area is 161 Å². The van der Waals surface area contributed by atoms with Gasteiger partial charge in [0.25, 0.3) is 5.91 Å². The molecule has 3 rings (SSSR count). The zero-order chi connectivity index (χ0) is 19.2. The van der Waals surface area contributed by atoms with Crippen LogP contribution < -0.4 is 9.80 Å². The first-order valence-corrected chi connectivity index (χ1v) is 9.73. The molecule has 0 spiro atoms. The van der Waals surface area contributed by atoms with Crippen molar-refractivity contribution in [3.05, 3.63) is 47.8 Å². The number of hydrogen-bond acceptors (Lipinski definition) is 5. The Morgan fingerprint density at radius 3 is 2.59 bits per heavy atom. The molecule has 1 aliphatic rings. The molecule has 144 valence electrons. The summed E-state index contributed by atoms with van der Waals surface area (Å²) in [5.74, 6) is 0.610. The lowest BCUT2D eigenvalue weighted by Gasteiger charge is -2.36. The summed E-state index contributed by atoms with van der Waals surface area (Å²) in [6, 6.07) is 10.3. The van der Waals surface area contributed by atoms with Crippen LogP contribution in [-0.2, 0) is 0 Å². The third-order valence-electron chi connectivity index (χ3n) is 4.99. The zero-order valence-corrected chi connectivity index (χ0v) is 16.6. The van der Waals surface area contributed by atoms with Crippen LogP contribution in [0.25, 0.3) is 0 Å². The molecular weight excluding hydrogens is 338 g/mol. The molecule has 1 fully saturated rings. The van der Waals surface area contributed by atoms with Crippen molar-refractivity contribution in [3.8, 4) is 0 Å². The highest BCUT2D eigenvalue weighted by atomic mass is 16.2. The summed E-state index contributed by atoms with van der Waals surface area (Å²) in [5.41, 5.74) is 3.01. The van der Waals surface area contributed by atoms with Gasteiger partial charge in [-0.3, -0.25) is 4.79 Å². The minimum absolute atomic E-state index is 0.0366. The van der Waals surface area contributed by atoms with Crippen LogP contribution in [0.1, 0.15) is 35.8 Å². The quantitative estimate of drug-likeness (QED) is 0.786. The number of amides is 1. The molecule has 6 nitrogen and oxygen atoms in total. The Kier molecular flexibility index (Phi) is 6.27. The van der Waals surface area contributed by atoms with Crippen molar-refractivity contribution in [2.75, 3.05) is 49.6 Å². The molecule has 2 heterocycles. The minimum atomic E-state index is -0.0366. The van der Waals surface area contributed by atoms with Gasteiger partial charge in [-0.1, -0.05) is 25.5 Å². The van der Waals surface area contributed by atoms with Crippen LogP contribution in [0.15, 0.2) is 36.5 Å². The van der Waals surface area contributed by atoms with Crippen LogP contribution in [0, 0.1) is 6.92 Å². The van der Waals surface area contributed by atoms with Crippen molar-refractivity contribution < 1.29 is 4.79 Å².